The zero-order chi connectivity index (χ0) is 49.8. The lowest BCUT2D eigenvalue weighted by atomic mass is 10.00. The number of fused-ring (bicyclic) bond motifs is 13. The van der Waals surface area contributed by atoms with Crippen LogP contribution in [0.2, 0.25) is 0 Å². The number of hydrogen-bond donors (Lipinski definition) is 0. The predicted octanol–water partition coefficient (Wildman–Crippen LogP) is 18.8. The van der Waals surface area contributed by atoms with E-state index in [0.29, 0.717) is 0 Å². The van der Waals surface area contributed by atoms with Gasteiger partial charge < -0.3 is 9.13 Å². The minimum atomic E-state index is 0.860. The van der Waals surface area contributed by atoms with Gasteiger partial charge in [0.15, 0.2) is 0 Å². The molecule has 0 radical (unpaired) electrons. The Labute approximate surface area is 441 Å². The monoisotopic (exact) mass is 985 g/mol. The fraction of sp³-hybridized carbons (Fsp3) is 0. The average Bonchev–Trinajstić information content (AvgIpc) is 4.35. The van der Waals surface area contributed by atoms with E-state index in [1.807, 2.05) is 11.3 Å². The maximum Gasteiger partial charge on any atom is 0.138 e. The largest absolute Gasteiger partial charge is 0.309 e. The number of pyridine rings is 2. The number of thiophene rings is 1. The summed E-state index contributed by atoms with van der Waals surface area (Å²) in [5, 5.41) is 9.70. The van der Waals surface area contributed by atoms with Crippen LogP contribution in [-0.2, 0) is 0 Å². The van der Waals surface area contributed by atoms with Gasteiger partial charge in [0.2, 0.25) is 0 Å². The summed E-state index contributed by atoms with van der Waals surface area (Å²) < 4.78 is 9.75. The van der Waals surface area contributed by atoms with Gasteiger partial charge in [0.25, 0.3) is 0 Å². The molecule has 0 fully saturated rings. The van der Waals surface area contributed by atoms with E-state index < -0.39 is 0 Å². The first-order valence-electron chi connectivity index (χ1n) is 25.8. The normalized spacial score (nSPS) is 11.9. The minimum absolute atomic E-state index is 0.860. The first-order chi connectivity index (χ1) is 37.7. The van der Waals surface area contributed by atoms with Crippen LogP contribution in [0.5, 0.6) is 0 Å². The van der Waals surface area contributed by atoms with Crippen molar-refractivity contribution in [2.75, 3.05) is 0 Å². The second kappa shape index (κ2) is 16.8. The van der Waals surface area contributed by atoms with E-state index in [9.17, 15) is 0 Å². The molecule has 0 bridgehead atoms. The van der Waals surface area contributed by atoms with Crippen LogP contribution < -0.4 is 0 Å². The Hall–Kier alpha value is -9.88. The molecule has 354 valence electrons. The number of hydrogen-bond acceptors (Lipinski definition) is 3. The van der Waals surface area contributed by atoms with Crippen molar-refractivity contribution in [3.05, 3.63) is 261 Å². The summed E-state index contributed by atoms with van der Waals surface area (Å²) in [5.74, 6) is 0.860. The van der Waals surface area contributed by atoms with Gasteiger partial charge in [0.1, 0.15) is 5.82 Å². The highest BCUT2D eigenvalue weighted by Gasteiger charge is 2.23. The van der Waals surface area contributed by atoms with Crippen molar-refractivity contribution in [2.24, 2.45) is 0 Å². The number of benzene rings is 10. The van der Waals surface area contributed by atoms with E-state index in [1.54, 1.807) is 0 Å². The molecule has 0 aliphatic heterocycles. The standard InChI is InChI=1S/C70H43N5S/c1-4-17-44(18-5-1)60-42-50(43-61(71-60)45-19-6-2-7-20-45)74-63-28-14-10-23-51(63)54-34-35-55-52-24-11-15-29-64(52)75(70(55)69(54)74)68-30-16-26-59(72-68)48-33-38-67-58(41-48)57-40-47(32-37-66(57)76-67)46-31-36-65-56(39-46)53-25-12-13-27-62(53)73(65)49-21-8-3-9-22-49/h1-43H. The summed E-state index contributed by atoms with van der Waals surface area (Å²) in [6.07, 6.45) is 0. The van der Waals surface area contributed by atoms with Crippen LogP contribution in [0.4, 0.5) is 0 Å². The molecule has 0 amide bonds. The van der Waals surface area contributed by atoms with E-state index in [2.05, 4.69) is 275 Å². The molecular formula is C70H43N5S. The summed E-state index contributed by atoms with van der Waals surface area (Å²) in [6, 6.07) is 94.3. The number of nitrogens with zero attached hydrogens (tertiary/aromatic N) is 5. The van der Waals surface area contributed by atoms with Gasteiger partial charge in [0.05, 0.1) is 55.9 Å². The smallest absolute Gasteiger partial charge is 0.138 e. The third kappa shape index (κ3) is 6.57. The molecule has 6 heteroatoms. The van der Waals surface area contributed by atoms with Crippen LogP contribution in [0.15, 0.2) is 261 Å². The third-order valence-corrected chi connectivity index (χ3v) is 16.6. The van der Waals surface area contributed by atoms with Gasteiger partial charge in [0, 0.05) is 74.9 Å². The van der Waals surface area contributed by atoms with E-state index in [4.69, 9.17) is 9.97 Å². The fourth-order valence-electron chi connectivity index (χ4n) is 12.0. The second-order valence-corrected chi connectivity index (χ2v) is 20.8. The van der Waals surface area contributed by atoms with Crippen molar-refractivity contribution in [3.63, 3.8) is 0 Å². The van der Waals surface area contributed by atoms with E-state index >= 15 is 0 Å². The lowest BCUT2D eigenvalue weighted by Crippen LogP contribution is -2.02. The maximum atomic E-state index is 5.62. The maximum absolute atomic E-state index is 5.62. The topological polar surface area (TPSA) is 40.6 Å². The van der Waals surface area contributed by atoms with Crippen LogP contribution in [0.25, 0.3) is 148 Å². The van der Waals surface area contributed by atoms with Crippen molar-refractivity contribution in [3.8, 4) is 62.1 Å². The summed E-state index contributed by atoms with van der Waals surface area (Å²) in [6.45, 7) is 0. The number of para-hydroxylation sites is 4. The molecule has 0 saturated heterocycles. The Morgan fingerprint density at radius 1 is 0.250 bits per heavy atom. The van der Waals surface area contributed by atoms with Gasteiger partial charge in [-0.2, -0.15) is 0 Å². The Morgan fingerprint density at radius 3 is 1.36 bits per heavy atom. The molecule has 0 aliphatic rings. The van der Waals surface area contributed by atoms with Gasteiger partial charge in [-0.3, -0.25) is 4.57 Å². The Bertz CT molecular complexity index is 4930. The first kappa shape index (κ1) is 42.6. The van der Waals surface area contributed by atoms with Crippen LogP contribution in [0, 0.1) is 0 Å². The first-order valence-corrected chi connectivity index (χ1v) is 26.6. The molecule has 76 heavy (non-hydrogen) atoms. The molecule has 16 aromatic rings. The Kier molecular flexibility index (Phi) is 9.44. The molecule has 10 aromatic carbocycles. The van der Waals surface area contributed by atoms with E-state index in [0.717, 1.165) is 73.0 Å². The van der Waals surface area contributed by atoms with Gasteiger partial charge in [-0.25, -0.2) is 9.97 Å². The molecule has 0 unspecified atom stereocenters. The highest BCUT2D eigenvalue weighted by molar-refractivity contribution is 7.25. The van der Waals surface area contributed by atoms with E-state index in [-0.39, 0.29) is 0 Å². The summed E-state index contributed by atoms with van der Waals surface area (Å²) in [7, 11) is 0. The van der Waals surface area contributed by atoms with Crippen molar-refractivity contribution in [2.45, 2.75) is 0 Å². The number of rotatable bonds is 7. The predicted molar refractivity (Wildman–Crippen MR) is 320 cm³/mol. The molecule has 16 rings (SSSR count). The molecular weight excluding hydrogens is 943 g/mol. The molecule has 0 atom stereocenters. The van der Waals surface area contributed by atoms with Crippen LogP contribution >= 0.6 is 11.3 Å². The lowest BCUT2D eigenvalue weighted by Gasteiger charge is -2.15. The zero-order valence-corrected chi connectivity index (χ0v) is 41.8. The SMILES string of the molecule is c1ccc(-c2cc(-n3c4ccccc4c4ccc5c6ccccc6n(-c6cccc(-c7ccc8sc9ccc(-c%10ccc%11c(c%10)c%10ccccc%10n%11-c%10ccccc%10)cc9c8c7)n6)c5c43)cc(-c3ccccc3)n2)cc1. The number of aromatic nitrogens is 5. The summed E-state index contributed by atoms with van der Waals surface area (Å²) in [5.41, 5.74) is 17.4. The lowest BCUT2D eigenvalue weighted by molar-refractivity contribution is 1.08. The van der Waals surface area contributed by atoms with Gasteiger partial charge in [-0.1, -0.05) is 170 Å². The molecule has 0 spiro atoms. The Morgan fingerprint density at radius 2 is 0.724 bits per heavy atom. The van der Waals surface area contributed by atoms with Gasteiger partial charge in [-0.05, 0) is 102 Å². The van der Waals surface area contributed by atoms with Crippen molar-refractivity contribution >= 4 is 96.9 Å². The van der Waals surface area contributed by atoms with Gasteiger partial charge >= 0.3 is 0 Å². The van der Waals surface area contributed by atoms with Crippen molar-refractivity contribution in [1.82, 2.24) is 23.7 Å². The van der Waals surface area contributed by atoms with E-state index in [1.165, 1.54) is 74.6 Å². The average molecular weight is 986 g/mol. The summed E-state index contributed by atoms with van der Waals surface area (Å²) in [4.78, 5) is 10.9. The second-order valence-electron chi connectivity index (χ2n) is 19.7. The minimum Gasteiger partial charge on any atom is -0.309 e. The van der Waals surface area contributed by atoms with Crippen LogP contribution in [-0.4, -0.2) is 23.7 Å². The highest BCUT2D eigenvalue weighted by Crippen LogP contribution is 2.44. The molecule has 0 N–H and O–H groups in total. The zero-order valence-electron chi connectivity index (χ0n) is 41.0. The fourth-order valence-corrected chi connectivity index (χ4v) is 13.1. The molecule has 6 aromatic heterocycles. The van der Waals surface area contributed by atoms with Crippen molar-refractivity contribution < 1.29 is 0 Å². The molecule has 0 aliphatic carbocycles. The summed E-state index contributed by atoms with van der Waals surface area (Å²) >= 11 is 1.85. The van der Waals surface area contributed by atoms with Crippen LogP contribution in [0.1, 0.15) is 0 Å². The third-order valence-electron chi connectivity index (χ3n) is 15.4. The molecule has 0 saturated carbocycles. The molecule has 6 heterocycles. The highest BCUT2D eigenvalue weighted by atomic mass is 32.1. The van der Waals surface area contributed by atoms with Crippen molar-refractivity contribution in [1.29, 1.82) is 0 Å². The Balaban J connectivity index is 0.866. The quantitative estimate of drug-likeness (QED) is 0.160. The molecule has 5 nitrogen and oxygen atoms in total. The van der Waals surface area contributed by atoms with Gasteiger partial charge in [-0.15, -0.1) is 11.3 Å². The van der Waals surface area contributed by atoms with Crippen LogP contribution in [0.3, 0.4) is 0 Å².